The molecule has 2 aromatic carbocycles. The van der Waals surface area contributed by atoms with E-state index in [0.29, 0.717) is 18.0 Å². The molecule has 8 heteroatoms. The van der Waals surface area contributed by atoms with Gasteiger partial charge in [0.25, 0.3) is 0 Å². The maximum atomic E-state index is 12.1. The number of nitrogens with one attached hydrogen (secondary N) is 1. The molecule has 0 amide bonds. The summed E-state index contributed by atoms with van der Waals surface area (Å²) in [6.45, 7) is 6.84. The molecule has 31 heavy (non-hydrogen) atoms. The zero-order valence-electron chi connectivity index (χ0n) is 17.9. The van der Waals surface area contributed by atoms with Gasteiger partial charge in [-0.2, -0.15) is 4.31 Å². The molecule has 1 N–H and O–H groups in total. The minimum Gasteiger partial charge on any atom is -0.461 e. The van der Waals surface area contributed by atoms with Gasteiger partial charge in [-0.25, -0.2) is 8.42 Å². The van der Waals surface area contributed by atoms with Crippen LogP contribution in [0.25, 0.3) is 0 Å². The first-order valence-electron chi connectivity index (χ1n) is 10.6. The highest BCUT2D eigenvalue weighted by atomic mass is 32.2. The van der Waals surface area contributed by atoms with E-state index in [4.69, 9.17) is 4.74 Å². The Labute approximate surface area is 185 Å². The van der Waals surface area contributed by atoms with Crippen molar-refractivity contribution in [2.24, 2.45) is 0 Å². The van der Waals surface area contributed by atoms with Crippen LogP contribution >= 0.6 is 0 Å². The van der Waals surface area contributed by atoms with Crippen LogP contribution in [0, 0.1) is 0 Å². The highest BCUT2D eigenvalue weighted by Gasteiger charge is 2.25. The van der Waals surface area contributed by atoms with Gasteiger partial charge in [-0.3, -0.25) is 9.69 Å². The number of likely N-dealkylation sites (tertiary alicyclic amines) is 1. The Morgan fingerprint density at radius 2 is 1.61 bits per heavy atom. The summed E-state index contributed by atoms with van der Waals surface area (Å²) >= 11 is 0. The van der Waals surface area contributed by atoms with Crippen molar-refractivity contribution in [3.63, 3.8) is 0 Å². The van der Waals surface area contributed by atoms with Crippen LogP contribution in [0.15, 0.2) is 65.6 Å². The number of carbonyl (C=O) groups is 1. The van der Waals surface area contributed by atoms with Gasteiger partial charge in [-0.05, 0) is 24.1 Å². The van der Waals surface area contributed by atoms with Crippen LogP contribution in [0.2, 0.25) is 0 Å². The second kappa shape index (κ2) is 11.4. The largest absolute Gasteiger partial charge is 0.461 e. The van der Waals surface area contributed by atoms with E-state index >= 15 is 0 Å². The first kappa shape index (κ1) is 23.4. The summed E-state index contributed by atoms with van der Waals surface area (Å²) in [5, 5.41) is 3.13. The Kier molecular flexibility index (Phi) is 8.60. The molecule has 4 rings (SSSR count). The van der Waals surface area contributed by atoms with Gasteiger partial charge in [0, 0.05) is 52.7 Å². The number of hydrogen-bond acceptors (Lipinski definition) is 6. The molecule has 1 atom stereocenters. The predicted molar refractivity (Wildman–Crippen MR) is 120 cm³/mol. The average molecular weight is 446 g/mol. The number of nitrogens with zero attached hydrogens (tertiary/aromatic N) is 2. The third kappa shape index (κ3) is 7.14. The minimum atomic E-state index is -3.27. The normalized spacial score (nSPS) is 20.0. The lowest BCUT2D eigenvalue weighted by Crippen LogP contribution is -2.46. The first-order valence-corrected chi connectivity index (χ1v) is 12.1. The van der Waals surface area contributed by atoms with Crippen LogP contribution in [0.5, 0.6) is 0 Å². The number of ether oxygens (including phenoxy) is 1. The summed E-state index contributed by atoms with van der Waals surface area (Å²) in [6, 6.07) is 19.0. The first-order chi connectivity index (χ1) is 14.9. The van der Waals surface area contributed by atoms with Crippen molar-refractivity contribution < 1.29 is 17.9 Å². The summed E-state index contributed by atoms with van der Waals surface area (Å²) in [7, 11) is -3.27. The molecular weight excluding hydrogens is 414 g/mol. The summed E-state index contributed by atoms with van der Waals surface area (Å²) in [4.78, 5) is 13.5. The molecular formula is C23H31N3O4S. The van der Waals surface area contributed by atoms with Crippen LogP contribution in [-0.2, 0) is 26.1 Å². The fourth-order valence-corrected chi connectivity index (χ4v) is 5.20. The monoisotopic (exact) mass is 445 g/mol. The van der Waals surface area contributed by atoms with Crippen molar-refractivity contribution in [1.82, 2.24) is 14.5 Å². The van der Waals surface area contributed by atoms with Crippen molar-refractivity contribution in [3.05, 3.63) is 66.2 Å². The van der Waals surface area contributed by atoms with Gasteiger partial charge in [0.1, 0.15) is 6.10 Å². The van der Waals surface area contributed by atoms with E-state index in [9.17, 15) is 13.2 Å². The molecule has 2 heterocycles. The number of sulfonamides is 1. The maximum Gasteiger partial charge on any atom is 0.302 e. The fraction of sp³-hybridized carbons (Fsp3) is 0.435. The van der Waals surface area contributed by atoms with Gasteiger partial charge < -0.3 is 10.1 Å². The fourth-order valence-electron chi connectivity index (χ4n) is 3.74. The quantitative estimate of drug-likeness (QED) is 0.710. The van der Waals surface area contributed by atoms with Crippen LogP contribution in [0.3, 0.4) is 0 Å². The van der Waals surface area contributed by atoms with Gasteiger partial charge in [0.2, 0.25) is 10.0 Å². The molecule has 7 nitrogen and oxygen atoms in total. The van der Waals surface area contributed by atoms with Crippen LogP contribution in [-0.4, -0.2) is 69.0 Å². The zero-order chi connectivity index (χ0) is 22.1. The van der Waals surface area contributed by atoms with E-state index in [0.717, 1.165) is 39.1 Å². The highest BCUT2D eigenvalue weighted by Crippen LogP contribution is 2.16. The molecule has 0 bridgehead atoms. The Morgan fingerprint density at radius 1 is 1.00 bits per heavy atom. The lowest BCUT2D eigenvalue weighted by Gasteiger charge is -2.26. The Hall–Kier alpha value is -2.26. The average Bonchev–Trinajstić information content (AvgIpc) is 3.22. The number of piperazine rings is 1. The summed E-state index contributed by atoms with van der Waals surface area (Å²) < 4.78 is 30.9. The van der Waals surface area contributed by atoms with E-state index in [2.05, 4.69) is 34.5 Å². The van der Waals surface area contributed by atoms with Crippen molar-refractivity contribution in [3.8, 4) is 0 Å². The van der Waals surface area contributed by atoms with Gasteiger partial charge in [0.15, 0.2) is 0 Å². The molecule has 0 aliphatic carbocycles. The summed E-state index contributed by atoms with van der Waals surface area (Å²) in [6.07, 6.45) is 1.04. The van der Waals surface area contributed by atoms with Gasteiger partial charge in [0.05, 0.1) is 4.90 Å². The number of esters is 1. The van der Waals surface area contributed by atoms with Crippen LogP contribution < -0.4 is 5.32 Å². The van der Waals surface area contributed by atoms with Crippen LogP contribution in [0.4, 0.5) is 0 Å². The third-order valence-corrected chi connectivity index (χ3v) is 7.18. The van der Waals surface area contributed by atoms with E-state index in [1.807, 2.05) is 12.1 Å². The molecule has 0 spiro atoms. The molecule has 0 saturated carbocycles. The van der Waals surface area contributed by atoms with E-state index in [-0.39, 0.29) is 12.1 Å². The van der Waals surface area contributed by atoms with Crippen molar-refractivity contribution in [2.75, 3.05) is 39.3 Å². The second-order valence-corrected chi connectivity index (χ2v) is 9.65. The summed E-state index contributed by atoms with van der Waals surface area (Å²) in [5.74, 6) is -0.174. The molecule has 2 aromatic rings. The van der Waals surface area contributed by atoms with Gasteiger partial charge in [-0.15, -0.1) is 0 Å². The van der Waals surface area contributed by atoms with Gasteiger partial charge in [-0.1, -0.05) is 48.5 Å². The number of rotatable bonds is 5. The van der Waals surface area contributed by atoms with Crippen molar-refractivity contribution >= 4 is 16.0 Å². The van der Waals surface area contributed by atoms with E-state index in [1.165, 1.54) is 16.8 Å². The van der Waals surface area contributed by atoms with E-state index in [1.54, 1.807) is 24.3 Å². The minimum absolute atomic E-state index is 0.0845. The van der Waals surface area contributed by atoms with Crippen molar-refractivity contribution in [2.45, 2.75) is 30.9 Å². The Bertz CT molecular complexity index is 916. The molecule has 2 saturated heterocycles. The summed E-state index contributed by atoms with van der Waals surface area (Å²) in [5.41, 5.74) is 1.31. The lowest BCUT2D eigenvalue weighted by atomic mass is 10.2. The van der Waals surface area contributed by atoms with Crippen LogP contribution in [0.1, 0.15) is 18.9 Å². The lowest BCUT2D eigenvalue weighted by molar-refractivity contribution is -0.145. The SMILES string of the molecule is CC(=O)O[C@H]1CCN(Cc2ccccc2)C1.O=S(=O)(c1ccccc1)N1CCNCC1. The third-order valence-electron chi connectivity index (χ3n) is 5.27. The molecule has 2 fully saturated rings. The molecule has 168 valence electrons. The molecule has 0 radical (unpaired) electrons. The van der Waals surface area contributed by atoms with Crippen molar-refractivity contribution in [1.29, 1.82) is 0 Å². The Morgan fingerprint density at radius 3 is 2.23 bits per heavy atom. The highest BCUT2D eigenvalue weighted by molar-refractivity contribution is 7.89. The maximum absolute atomic E-state index is 12.1. The second-order valence-electron chi connectivity index (χ2n) is 7.71. The molecule has 0 aromatic heterocycles. The number of hydrogen-bond donors (Lipinski definition) is 1. The molecule has 2 aliphatic heterocycles. The Balaban J connectivity index is 0.000000176. The number of carbonyl (C=O) groups excluding carboxylic acids is 1. The molecule has 2 aliphatic rings. The topological polar surface area (TPSA) is 79.0 Å². The smallest absolute Gasteiger partial charge is 0.302 e. The predicted octanol–water partition coefficient (Wildman–Crippen LogP) is 2.10. The molecule has 0 unspecified atom stereocenters. The number of benzene rings is 2. The zero-order valence-corrected chi connectivity index (χ0v) is 18.8. The standard InChI is InChI=1S/C13H17NO2.C10H14N2O2S/c1-11(15)16-13-7-8-14(10-13)9-12-5-3-2-4-6-12;13-15(14,10-4-2-1-3-5-10)12-8-6-11-7-9-12/h2-6,13H,7-10H2,1H3;1-5,11H,6-9H2/t13-;/m0./s1. The van der Waals surface area contributed by atoms with Gasteiger partial charge >= 0.3 is 5.97 Å². The van der Waals surface area contributed by atoms with E-state index < -0.39 is 10.0 Å².